The number of likely N-dealkylation sites (tertiary alicyclic amines) is 2. The summed E-state index contributed by atoms with van der Waals surface area (Å²) in [5, 5.41) is 19.6. The van der Waals surface area contributed by atoms with Crippen molar-refractivity contribution in [2.24, 2.45) is 0 Å². The lowest BCUT2D eigenvalue weighted by atomic mass is 9.76. The molecule has 6 nitrogen and oxygen atoms in total. The summed E-state index contributed by atoms with van der Waals surface area (Å²) in [6, 6.07) is 16.7. The molecule has 0 aliphatic carbocycles. The van der Waals surface area contributed by atoms with Gasteiger partial charge in [0.05, 0.1) is 36.6 Å². The predicted octanol–water partition coefficient (Wildman–Crippen LogP) is 2.89. The van der Waals surface area contributed by atoms with Gasteiger partial charge < -0.3 is 0 Å². The lowest BCUT2D eigenvalue weighted by molar-refractivity contribution is 0.200. The topological polar surface area (TPSA) is 79.8 Å². The zero-order chi connectivity index (χ0) is 22.3. The van der Waals surface area contributed by atoms with Crippen LogP contribution >= 0.6 is 0 Å². The van der Waals surface area contributed by atoms with E-state index in [1.807, 2.05) is 36.4 Å². The Morgan fingerprint density at radius 3 is 1.41 bits per heavy atom. The van der Waals surface area contributed by atoms with Crippen LogP contribution in [0.4, 0.5) is 0 Å². The molecule has 4 rings (SSSR count). The minimum Gasteiger partial charge on any atom is -0.292 e. The van der Waals surface area contributed by atoms with Crippen molar-refractivity contribution in [2.75, 3.05) is 39.3 Å². The average Bonchev–Trinajstić information content (AvgIpc) is 2.88. The van der Waals surface area contributed by atoms with Gasteiger partial charge in [0, 0.05) is 38.6 Å². The monoisotopic (exact) mass is 424 g/mol. The molecule has 0 atom stereocenters. The summed E-state index contributed by atoms with van der Waals surface area (Å²) in [7, 11) is 0. The molecular formula is C26H28N6. The smallest absolute Gasteiger partial charge is 0.102 e. The van der Waals surface area contributed by atoms with Crippen molar-refractivity contribution >= 4 is 0 Å². The molecule has 0 N–H and O–H groups in total. The quantitative estimate of drug-likeness (QED) is 0.702. The van der Waals surface area contributed by atoms with Crippen molar-refractivity contribution in [1.82, 2.24) is 19.8 Å². The Hall–Kier alpha value is -3.24. The molecule has 4 heterocycles. The molecule has 32 heavy (non-hydrogen) atoms. The SMILES string of the molecule is N#CC1(c2ccccn2)CCN(CC#CCN2CCC(C#N)(c3ccccn3)CC2)CC1. The predicted molar refractivity (Wildman–Crippen MR) is 122 cm³/mol. The van der Waals surface area contributed by atoms with Crippen molar-refractivity contribution in [3.63, 3.8) is 0 Å². The summed E-state index contributed by atoms with van der Waals surface area (Å²) in [5.41, 5.74) is 0.828. The number of nitriles is 2. The molecule has 0 saturated carbocycles. The molecule has 6 heteroatoms. The molecule has 0 radical (unpaired) electrons. The Balaban J connectivity index is 1.24. The van der Waals surface area contributed by atoms with Gasteiger partial charge in [0.1, 0.15) is 10.8 Å². The summed E-state index contributed by atoms with van der Waals surface area (Å²) >= 11 is 0. The Kier molecular flexibility index (Phi) is 6.81. The summed E-state index contributed by atoms with van der Waals surface area (Å²) in [6.07, 6.45) is 6.69. The van der Waals surface area contributed by atoms with Gasteiger partial charge in [-0.15, -0.1) is 0 Å². The average molecular weight is 425 g/mol. The number of rotatable bonds is 4. The van der Waals surface area contributed by atoms with E-state index in [4.69, 9.17) is 0 Å². The first-order valence-corrected chi connectivity index (χ1v) is 11.3. The Morgan fingerprint density at radius 2 is 1.09 bits per heavy atom. The van der Waals surface area contributed by atoms with E-state index < -0.39 is 10.8 Å². The molecule has 2 aromatic rings. The van der Waals surface area contributed by atoms with Crippen LogP contribution in [0.3, 0.4) is 0 Å². The van der Waals surface area contributed by atoms with Crippen LogP contribution in [-0.2, 0) is 10.8 Å². The normalized spacial score (nSPS) is 20.3. The maximum absolute atomic E-state index is 9.80. The summed E-state index contributed by atoms with van der Waals surface area (Å²) in [5.74, 6) is 6.62. The first kappa shape index (κ1) is 22.0. The molecule has 0 aromatic carbocycles. The molecular weight excluding hydrogens is 396 g/mol. The van der Waals surface area contributed by atoms with Gasteiger partial charge in [0.2, 0.25) is 0 Å². The highest BCUT2D eigenvalue weighted by Crippen LogP contribution is 2.34. The van der Waals surface area contributed by atoms with Crippen molar-refractivity contribution in [2.45, 2.75) is 36.5 Å². The van der Waals surface area contributed by atoms with E-state index >= 15 is 0 Å². The molecule has 2 aromatic heterocycles. The van der Waals surface area contributed by atoms with Gasteiger partial charge >= 0.3 is 0 Å². The van der Waals surface area contributed by atoms with Gasteiger partial charge in [-0.05, 0) is 49.9 Å². The highest BCUT2D eigenvalue weighted by Gasteiger charge is 2.38. The van der Waals surface area contributed by atoms with Crippen LogP contribution in [0.25, 0.3) is 0 Å². The number of aromatic nitrogens is 2. The molecule has 0 spiro atoms. The largest absolute Gasteiger partial charge is 0.292 e. The highest BCUT2D eigenvalue weighted by atomic mass is 15.1. The van der Waals surface area contributed by atoms with Crippen molar-refractivity contribution < 1.29 is 0 Å². The molecule has 2 saturated heterocycles. The van der Waals surface area contributed by atoms with Crippen LogP contribution < -0.4 is 0 Å². The van der Waals surface area contributed by atoms with E-state index in [0.717, 1.165) is 76.3 Å². The summed E-state index contributed by atoms with van der Waals surface area (Å²) < 4.78 is 0. The molecule has 0 unspecified atom stereocenters. The second-order valence-corrected chi connectivity index (χ2v) is 8.72. The third-order valence-electron chi connectivity index (χ3n) is 6.89. The number of nitrogens with zero attached hydrogens (tertiary/aromatic N) is 6. The summed E-state index contributed by atoms with van der Waals surface area (Å²) in [4.78, 5) is 13.5. The Labute approximate surface area is 190 Å². The van der Waals surface area contributed by atoms with Gasteiger partial charge in [-0.3, -0.25) is 19.8 Å². The van der Waals surface area contributed by atoms with Gasteiger partial charge in [-0.1, -0.05) is 24.0 Å². The number of piperidine rings is 2. The van der Waals surface area contributed by atoms with Gasteiger partial charge in [-0.2, -0.15) is 10.5 Å². The first-order chi connectivity index (χ1) is 15.7. The zero-order valence-electron chi connectivity index (χ0n) is 18.4. The molecule has 0 bridgehead atoms. The zero-order valence-corrected chi connectivity index (χ0v) is 18.4. The van der Waals surface area contributed by atoms with E-state index in [1.54, 1.807) is 12.4 Å². The van der Waals surface area contributed by atoms with Crippen LogP contribution in [0, 0.1) is 34.5 Å². The van der Waals surface area contributed by atoms with Gasteiger partial charge in [0.15, 0.2) is 0 Å². The van der Waals surface area contributed by atoms with Crippen LogP contribution in [-0.4, -0.2) is 59.0 Å². The van der Waals surface area contributed by atoms with Crippen molar-refractivity contribution in [3.8, 4) is 24.0 Å². The highest BCUT2D eigenvalue weighted by molar-refractivity contribution is 5.28. The number of hydrogen-bond acceptors (Lipinski definition) is 6. The van der Waals surface area contributed by atoms with Crippen LogP contribution in [0.1, 0.15) is 37.1 Å². The third-order valence-corrected chi connectivity index (χ3v) is 6.89. The molecule has 2 aliphatic heterocycles. The molecule has 162 valence electrons. The van der Waals surface area contributed by atoms with E-state index in [0.29, 0.717) is 0 Å². The number of hydrogen-bond donors (Lipinski definition) is 0. The Bertz CT molecular complexity index is 941. The van der Waals surface area contributed by atoms with Gasteiger partial charge in [-0.25, -0.2) is 0 Å². The lowest BCUT2D eigenvalue weighted by Gasteiger charge is -2.36. The van der Waals surface area contributed by atoms with E-state index in [-0.39, 0.29) is 0 Å². The fourth-order valence-corrected chi connectivity index (χ4v) is 4.66. The minimum absolute atomic E-state index is 0.472. The van der Waals surface area contributed by atoms with Crippen LogP contribution in [0.2, 0.25) is 0 Å². The van der Waals surface area contributed by atoms with Crippen LogP contribution in [0.15, 0.2) is 48.8 Å². The second-order valence-electron chi connectivity index (χ2n) is 8.72. The fraction of sp³-hybridized carbons (Fsp3) is 0.462. The standard InChI is InChI=1S/C26H28N6/c27-21-25(23-7-1-3-13-29-23)9-17-31(18-10-25)15-5-6-16-32-19-11-26(22-28,12-20-32)24-8-2-4-14-30-24/h1-4,7-8,13-14H,9-12,15-20H2. The van der Waals surface area contributed by atoms with Crippen LogP contribution in [0.5, 0.6) is 0 Å². The fourth-order valence-electron chi connectivity index (χ4n) is 4.66. The number of pyridine rings is 2. The van der Waals surface area contributed by atoms with Crippen molar-refractivity contribution in [1.29, 1.82) is 10.5 Å². The lowest BCUT2D eigenvalue weighted by Crippen LogP contribution is -2.43. The maximum Gasteiger partial charge on any atom is 0.102 e. The Morgan fingerprint density at radius 1 is 0.688 bits per heavy atom. The molecule has 2 aliphatic rings. The third kappa shape index (κ3) is 4.66. The van der Waals surface area contributed by atoms with E-state index in [2.05, 4.69) is 43.7 Å². The second kappa shape index (κ2) is 9.92. The maximum atomic E-state index is 9.80. The molecule has 0 amide bonds. The van der Waals surface area contributed by atoms with Crippen molar-refractivity contribution in [3.05, 3.63) is 60.2 Å². The molecule has 2 fully saturated rings. The minimum atomic E-state index is -0.472. The summed E-state index contributed by atoms with van der Waals surface area (Å²) in [6.45, 7) is 4.89. The van der Waals surface area contributed by atoms with Gasteiger partial charge in [0.25, 0.3) is 0 Å². The first-order valence-electron chi connectivity index (χ1n) is 11.3. The van der Waals surface area contributed by atoms with E-state index in [9.17, 15) is 10.5 Å². The van der Waals surface area contributed by atoms with E-state index in [1.165, 1.54) is 0 Å².